The molecule has 2 aromatic rings. The van der Waals surface area contributed by atoms with E-state index in [4.69, 9.17) is 0 Å². The fourth-order valence-electron chi connectivity index (χ4n) is 5.37. The molecule has 35 heavy (non-hydrogen) atoms. The maximum atomic E-state index is 14.5. The van der Waals surface area contributed by atoms with Crippen LogP contribution in [0.1, 0.15) is 36.5 Å². The van der Waals surface area contributed by atoms with Gasteiger partial charge in [-0.2, -0.15) is 13.2 Å². The molecule has 1 N–H and O–H groups in total. The average molecular weight is 487 g/mol. The number of carbonyl (C=O) groups excluding carboxylic acids is 1. The van der Waals surface area contributed by atoms with Gasteiger partial charge in [-0.25, -0.2) is 9.18 Å². The highest BCUT2D eigenvalue weighted by Crippen LogP contribution is 2.51. The molecule has 0 bridgehead atoms. The van der Waals surface area contributed by atoms with Crippen molar-refractivity contribution in [1.29, 1.82) is 0 Å². The van der Waals surface area contributed by atoms with Crippen molar-refractivity contribution in [3.63, 3.8) is 0 Å². The number of rotatable bonds is 2. The number of aromatic nitrogens is 2. The first kappa shape index (κ1) is 23.1. The molecular formula is C25H21F4N3O3. The number of Topliss-reactive ketones (excluding diaryl/α,β-unsaturated/α-hetero) is 1. The van der Waals surface area contributed by atoms with E-state index in [1.165, 1.54) is 11.6 Å². The predicted octanol–water partition coefficient (Wildman–Crippen LogP) is 3.87. The molecule has 1 aliphatic heterocycles. The highest BCUT2D eigenvalue weighted by Gasteiger charge is 2.48. The van der Waals surface area contributed by atoms with Gasteiger partial charge < -0.3 is 5.32 Å². The lowest BCUT2D eigenvalue weighted by atomic mass is 9.80. The van der Waals surface area contributed by atoms with E-state index >= 15 is 0 Å². The first-order valence-corrected chi connectivity index (χ1v) is 11.1. The van der Waals surface area contributed by atoms with E-state index < -0.39 is 46.4 Å². The van der Waals surface area contributed by atoms with Gasteiger partial charge in [0.1, 0.15) is 11.6 Å². The number of carbonyl (C=O) groups is 1. The quantitative estimate of drug-likeness (QED) is 0.653. The SMILES string of the molecule is CCn1c2c(c(=O)n(C)c1=O)C(c1cc(F)cc(C(F)(F)F)c1)C1=C(N2)C2C(=CC=CC2C)C1=O. The van der Waals surface area contributed by atoms with Crippen molar-refractivity contribution >= 4 is 11.6 Å². The minimum atomic E-state index is -4.84. The second-order valence-corrected chi connectivity index (χ2v) is 8.98. The minimum Gasteiger partial charge on any atom is -0.344 e. The zero-order valence-electron chi connectivity index (χ0n) is 19.0. The second kappa shape index (κ2) is 7.66. The number of alkyl halides is 3. The lowest BCUT2D eigenvalue weighted by Gasteiger charge is -2.32. The van der Waals surface area contributed by atoms with Crippen LogP contribution >= 0.6 is 0 Å². The van der Waals surface area contributed by atoms with E-state index in [0.29, 0.717) is 17.3 Å². The standard InChI is InChI=1S/C25H21F4N3O3/c1-4-32-22-19(23(34)31(3)24(32)35)17(12-8-13(25(27,28)29)10-14(26)9-12)18-20(30-22)16-11(2)6-5-7-15(16)21(18)33/h5-11,16-17,30H,4H2,1-3H3. The summed E-state index contributed by atoms with van der Waals surface area (Å²) in [5, 5.41) is 3.12. The number of benzene rings is 1. The summed E-state index contributed by atoms with van der Waals surface area (Å²) >= 11 is 0. The van der Waals surface area contributed by atoms with Gasteiger partial charge in [-0.15, -0.1) is 0 Å². The number of hydrogen-bond acceptors (Lipinski definition) is 4. The zero-order chi connectivity index (χ0) is 25.4. The molecular weight excluding hydrogens is 466 g/mol. The molecule has 0 saturated carbocycles. The van der Waals surface area contributed by atoms with Crippen LogP contribution in [0.5, 0.6) is 0 Å². The van der Waals surface area contributed by atoms with E-state index in [1.807, 2.05) is 13.0 Å². The van der Waals surface area contributed by atoms with Crippen LogP contribution in [0.3, 0.4) is 0 Å². The summed E-state index contributed by atoms with van der Waals surface area (Å²) in [6, 6.07) is 2.04. The molecule has 6 nitrogen and oxygen atoms in total. The van der Waals surface area contributed by atoms with Gasteiger partial charge >= 0.3 is 11.9 Å². The lowest BCUT2D eigenvalue weighted by molar-refractivity contribution is -0.137. The maximum absolute atomic E-state index is 14.5. The maximum Gasteiger partial charge on any atom is 0.416 e. The molecule has 0 saturated heterocycles. The Morgan fingerprint density at radius 2 is 1.83 bits per heavy atom. The van der Waals surface area contributed by atoms with E-state index in [1.54, 1.807) is 19.1 Å². The topological polar surface area (TPSA) is 73.1 Å². The van der Waals surface area contributed by atoms with Crippen LogP contribution < -0.4 is 16.6 Å². The average Bonchev–Trinajstić information content (AvgIpc) is 3.08. The van der Waals surface area contributed by atoms with Gasteiger partial charge in [0.2, 0.25) is 0 Å². The van der Waals surface area contributed by atoms with Crippen LogP contribution in [0.25, 0.3) is 0 Å². The molecule has 10 heteroatoms. The van der Waals surface area contributed by atoms with E-state index in [9.17, 15) is 31.9 Å². The Bertz CT molecular complexity index is 1510. The number of halogens is 4. The number of anilines is 1. The molecule has 2 aliphatic carbocycles. The first-order valence-electron chi connectivity index (χ1n) is 11.1. The Balaban J connectivity index is 1.89. The van der Waals surface area contributed by atoms with Crippen LogP contribution in [0, 0.1) is 17.7 Å². The second-order valence-electron chi connectivity index (χ2n) is 8.98. The van der Waals surface area contributed by atoms with Crippen molar-refractivity contribution in [2.45, 2.75) is 32.5 Å². The van der Waals surface area contributed by atoms with Gasteiger partial charge in [0.05, 0.1) is 11.1 Å². The molecule has 1 aromatic carbocycles. The van der Waals surface area contributed by atoms with Gasteiger partial charge in [-0.1, -0.05) is 25.2 Å². The number of fused-ring (bicyclic) bond motifs is 3. The van der Waals surface area contributed by atoms with Crippen LogP contribution in [0.4, 0.5) is 23.4 Å². The number of hydrogen-bond donors (Lipinski definition) is 1. The molecule has 182 valence electrons. The van der Waals surface area contributed by atoms with Crippen LogP contribution in [0.2, 0.25) is 0 Å². The summed E-state index contributed by atoms with van der Waals surface area (Å²) in [4.78, 5) is 39.8. The normalized spacial score (nSPS) is 23.0. The van der Waals surface area contributed by atoms with E-state index in [0.717, 1.165) is 16.7 Å². The highest BCUT2D eigenvalue weighted by atomic mass is 19.4. The van der Waals surface area contributed by atoms with Gasteiger partial charge in [0, 0.05) is 42.3 Å². The Labute approximate surface area is 196 Å². The monoisotopic (exact) mass is 487 g/mol. The van der Waals surface area contributed by atoms with Crippen LogP contribution in [-0.2, 0) is 24.6 Å². The minimum absolute atomic E-state index is 0.0698. The molecule has 1 aromatic heterocycles. The Morgan fingerprint density at radius 1 is 1.11 bits per heavy atom. The molecule has 3 aliphatic rings. The largest absolute Gasteiger partial charge is 0.416 e. The summed E-state index contributed by atoms with van der Waals surface area (Å²) in [6.45, 7) is 3.74. The third-order valence-electron chi connectivity index (χ3n) is 6.96. The number of allylic oxidation sites excluding steroid dienone is 5. The van der Waals surface area contributed by atoms with E-state index in [2.05, 4.69) is 5.32 Å². The van der Waals surface area contributed by atoms with Gasteiger partial charge in [0.15, 0.2) is 5.78 Å². The summed E-state index contributed by atoms with van der Waals surface area (Å²) in [5.74, 6) is -3.31. The molecule has 2 heterocycles. The van der Waals surface area contributed by atoms with Crippen molar-refractivity contribution in [1.82, 2.24) is 9.13 Å². The summed E-state index contributed by atoms with van der Waals surface area (Å²) in [7, 11) is 1.26. The van der Waals surface area contributed by atoms with Crippen molar-refractivity contribution in [3.8, 4) is 0 Å². The van der Waals surface area contributed by atoms with Crippen molar-refractivity contribution in [3.05, 3.63) is 96.6 Å². The summed E-state index contributed by atoms with van der Waals surface area (Å²) in [6.07, 6.45) is 0.433. The molecule has 0 radical (unpaired) electrons. The third-order valence-corrected chi connectivity index (χ3v) is 6.96. The van der Waals surface area contributed by atoms with E-state index in [-0.39, 0.29) is 35.0 Å². The molecule has 0 fully saturated rings. The molecule has 3 unspecified atom stereocenters. The fraction of sp³-hybridized carbons (Fsp3) is 0.320. The smallest absolute Gasteiger partial charge is 0.344 e. The Kier molecular flexibility index (Phi) is 5.05. The zero-order valence-corrected chi connectivity index (χ0v) is 19.0. The summed E-state index contributed by atoms with van der Waals surface area (Å²) < 4.78 is 57.4. The number of nitrogens with one attached hydrogen (secondary N) is 1. The number of nitrogens with zero attached hydrogens (tertiary/aromatic N) is 2. The van der Waals surface area contributed by atoms with Gasteiger partial charge in [-0.05, 0) is 36.6 Å². The first-order chi connectivity index (χ1) is 16.5. The Morgan fingerprint density at radius 3 is 2.49 bits per heavy atom. The van der Waals surface area contributed by atoms with Crippen molar-refractivity contribution in [2.24, 2.45) is 18.9 Å². The summed E-state index contributed by atoms with van der Waals surface area (Å²) in [5.41, 5.74) is -1.90. The molecule has 5 rings (SSSR count). The molecule has 3 atom stereocenters. The predicted molar refractivity (Wildman–Crippen MR) is 120 cm³/mol. The van der Waals surface area contributed by atoms with Crippen LogP contribution in [0.15, 0.2) is 62.9 Å². The lowest BCUT2D eigenvalue weighted by Crippen LogP contribution is -2.44. The highest BCUT2D eigenvalue weighted by molar-refractivity contribution is 6.15. The van der Waals surface area contributed by atoms with Gasteiger partial charge in [-0.3, -0.25) is 18.7 Å². The third kappa shape index (κ3) is 3.26. The van der Waals surface area contributed by atoms with Gasteiger partial charge in [0.25, 0.3) is 5.56 Å². The number of ketones is 1. The van der Waals surface area contributed by atoms with Crippen molar-refractivity contribution < 1.29 is 22.4 Å². The fourth-order valence-corrected chi connectivity index (χ4v) is 5.37. The molecule has 0 amide bonds. The van der Waals surface area contributed by atoms with Crippen LogP contribution in [-0.4, -0.2) is 14.9 Å². The van der Waals surface area contributed by atoms with Crippen molar-refractivity contribution in [2.75, 3.05) is 5.32 Å². The Hall–Kier alpha value is -3.69. The molecule has 0 spiro atoms.